The number of halogens is 1. The topological polar surface area (TPSA) is 20.3 Å². The molecule has 2 nitrogen and oxygen atoms in total. The van der Waals surface area contributed by atoms with E-state index in [-0.39, 0.29) is 17.4 Å². The first-order valence-electron chi connectivity index (χ1n) is 7.63. The summed E-state index contributed by atoms with van der Waals surface area (Å²) in [4.78, 5) is 14.8. The molecule has 0 aliphatic carbocycles. The molecule has 22 heavy (non-hydrogen) atoms. The van der Waals surface area contributed by atoms with Crippen molar-refractivity contribution in [2.24, 2.45) is 0 Å². The quantitative estimate of drug-likeness (QED) is 0.540. The molecule has 0 N–H and O–H groups in total. The zero-order valence-electron chi connectivity index (χ0n) is 12.9. The van der Waals surface area contributed by atoms with Crippen molar-refractivity contribution in [1.29, 1.82) is 0 Å². The average Bonchev–Trinajstić information content (AvgIpc) is 2.59. The van der Waals surface area contributed by atoms with E-state index in [0.29, 0.717) is 0 Å². The molecule has 2 atom stereocenters. The molecule has 0 saturated heterocycles. The number of likely N-dealkylation sites (N-methyl/N-ethyl adjacent to an activating group) is 1. The van der Waals surface area contributed by atoms with Gasteiger partial charge in [0.1, 0.15) is 0 Å². The molecule has 1 amide bonds. The van der Waals surface area contributed by atoms with Gasteiger partial charge in [-0.3, -0.25) is 4.79 Å². The lowest BCUT2D eigenvalue weighted by Gasteiger charge is -2.49. The number of carbonyl (C=O) groups excluding carboxylic acids is 1. The van der Waals surface area contributed by atoms with Crippen LogP contribution in [0.1, 0.15) is 40.9 Å². The number of hydrogen-bond acceptors (Lipinski definition) is 1. The number of benzene rings is 2. The maximum atomic E-state index is 12.8. The fourth-order valence-electron chi connectivity index (χ4n) is 3.73. The highest BCUT2D eigenvalue weighted by molar-refractivity contribution is 14.1. The summed E-state index contributed by atoms with van der Waals surface area (Å²) in [6, 6.07) is 18.6. The Hall–Kier alpha value is -1.36. The Bertz CT molecular complexity index is 679. The lowest BCUT2D eigenvalue weighted by molar-refractivity contribution is 0.0592. The molecule has 0 unspecified atom stereocenters. The van der Waals surface area contributed by atoms with Crippen molar-refractivity contribution in [3.63, 3.8) is 0 Å². The van der Waals surface area contributed by atoms with E-state index in [1.807, 2.05) is 30.1 Å². The van der Waals surface area contributed by atoms with Crippen LogP contribution in [0, 0.1) is 0 Å². The Balaban J connectivity index is 2.27. The van der Waals surface area contributed by atoms with Gasteiger partial charge in [-0.2, -0.15) is 0 Å². The second-order valence-electron chi connectivity index (χ2n) is 5.92. The molecule has 3 rings (SSSR count). The van der Waals surface area contributed by atoms with E-state index in [0.717, 1.165) is 16.4 Å². The molecule has 1 heterocycles. The van der Waals surface area contributed by atoms with Crippen LogP contribution in [0.5, 0.6) is 0 Å². The highest BCUT2D eigenvalue weighted by atomic mass is 127. The first-order chi connectivity index (χ1) is 10.7. The van der Waals surface area contributed by atoms with E-state index in [1.165, 1.54) is 11.1 Å². The highest BCUT2D eigenvalue weighted by Gasteiger charge is 2.48. The Labute approximate surface area is 145 Å². The van der Waals surface area contributed by atoms with Crippen LogP contribution in [0.2, 0.25) is 0 Å². The molecule has 114 valence electrons. The van der Waals surface area contributed by atoms with E-state index in [1.54, 1.807) is 0 Å². The van der Waals surface area contributed by atoms with Gasteiger partial charge in [0.25, 0.3) is 5.91 Å². The average molecular weight is 405 g/mol. The first kappa shape index (κ1) is 15.5. The summed E-state index contributed by atoms with van der Waals surface area (Å²) < 4.78 is 0.982. The third-order valence-electron chi connectivity index (χ3n) is 4.91. The maximum Gasteiger partial charge on any atom is 0.254 e. The zero-order valence-corrected chi connectivity index (χ0v) is 15.1. The Morgan fingerprint density at radius 2 is 1.73 bits per heavy atom. The van der Waals surface area contributed by atoms with Crippen LogP contribution in [0.3, 0.4) is 0 Å². The van der Waals surface area contributed by atoms with Gasteiger partial charge in [0.2, 0.25) is 0 Å². The lowest BCUT2D eigenvalue weighted by Crippen LogP contribution is -2.51. The molecule has 3 heteroatoms. The van der Waals surface area contributed by atoms with Crippen molar-refractivity contribution in [2.75, 3.05) is 11.5 Å². The van der Waals surface area contributed by atoms with Crippen LogP contribution in [0.25, 0.3) is 0 Å². The van der Waals surface area contributed by atoms with Crippen LogP contribution in [-0.2, 0) is 5.41 Å². The van der Waals surface area contributed by atoms with Gasteiger partial charge in [-0.25, -0.2) is 0 Å². The molecule has 2 aromatic carbocycles. The molecule has 0 bridgehead atoms. The van der Waals surface area contributed by atoms with E-state index >= 15 is 0 Å². The molecule has 0 fully saturated rings. The summed E-state index contributed by atoms with van der Waals surface area (Å²) in [6.07, 6.45) is 1.00. The standard InChI is InChI=1S/C19H20INO/c1-3-19(13-20)16-12-8-7-11-15(16)18(22)21(2)17(19)14-9-5-4-6-10-14/h4-12,17H,3,13H2,1-2H3/t17-,19-/m0/s1. The van der Waals surface area contributed by atoms with E-state index in [4.69, 9.17) is 0 Å². The molecule has 0 spiro atoms. The van der Waals surface area contributed by atoms with Crippen LogP contribution in [0.15, 0.2) is 54.6 Å². The molecule has 0 aromatic heterocycles. The Kier molecular flexibility index (Phi) is 4.26. The minimum atomic E-state index is -0.0405. The Morgan fingerprint density at radius 1 is 1.09 bits per heavy atom. The fourth-order valence-corrected chi connectivity index (χ4v) is 5.10. The largest absolute Gasteiger partial charge is 0.334 e. The normalized spacial score (nSPS) is 24.2. The van der Waals surface area contributed by atoms with Gasteiger partial charge in [-0.05, 0) is 23.6 Å². The number of nitrogens with zero attached hydrogens (tertiary/aromatic N) is 1. The Morgan fingerprint density at radius 3 is 2.36 bits per heavy atom. The van der Waals surface area contributed by atoms with E-state index < -0.39 is 0 Å². The number of amides is 1. The summed E-state index contributed by atoms with van der Waals surface area (Å²) in [5.74, 6) is 0.123. The van der Waals surface area contributed by atoms with Crippen molar-refractivity contribution >= 4 is 28.5 Å². The molecule has 0 saturated carbocycles. The van der Waals surface area contributed by atoms with E-state index in [2.05, 4.69) is 65.9 Å². The molecule has 0 radical (unpaired) electrons. The second-order valence-corrected chi connectivity index (χ2v) is 6.68. The van der Waals surface area contributed by atoms with Gasteiger partial charge in [0, 0.05) is 22.5 Å². The van der Waals surface area contributed by atoms with Crippen LogP contribution < -0.4 is 0 Å². The first-order valence-corrected chi connectivity index (χ1v) is 9.16. The van der Waals surface area contributed by atoms with Gasteiger partial charge < -0.3 is 4.90 Å². The van der Waals surface area contributed by atoms with E-state index in [9.17, 15) is 4.79 Å². The number of rotatable bonds is 3. The number of hydrogen-bond donors (Lipinski definition) is 0. The molecule has 1 aliphatic heterocycles. The second kappa shape index (κ2) is 6.03. The number of alkyl halides is 1. The van der Waals surface area contributed by atoms with Gasteiger partial charge in [0.15, 0.2) is 0 Å². The van der Waals surface area contributed by atoms with Gasteiger partial charge in [0.05, 0.1) is 6.04 Å². The third-order valence-corrected chi connectivity index (χ3v) is 6.27. The summed E-state index contributed by atoms with van der Waals surface area (Å²) in [6.45, 7) is 2.23. The van der Waals surface area contributed by atoms with Crippen molar-refractivity contribution < 1.29 is 4.79 Å². The predicted octanol–water partition coefficient (Wildman–Crippen LogP) is 4.60. The predicted molar refractivity (Wildman–Crippen MR) is 98.6 cm³/mol. The highest BCUT2D eigenvalue weighted by Crippen LogP contribution is 2.49. The van der Waals surface area contributed by atoms with Gasteiger partial charge in [-0.15, -0.1) is 0 Å². The minimum Gasteiger partial charge on any atom is -0.334 e. The smallest absolute Gasteiger partial charge is 0.254 e. The number of carbonyl (C=O) groups is 1. The van der Waals surface area contributed by atoms with Crippen molar-refractivity contribution in [3.8, 4) is 0 Å². The molecular formula is C19H20INO. The molecular weight excluding hydrogens is 385 g/mol. The zero-order chi connectivity index (χ0) is 15.7. The molecule has 1 aliphatic rings. The van der Waals surface area contributed by atoms with Crippen LogP contribution >= 0.6 is 22.6 Å². The summed E-state index contributed by atoms with van der Waals surface area (Å²) >= 11 is 2.48. The van der Waals surface area contributed by atoms with Gasteiger partial charge >= 0.3 is 0 Å². The van der Waals surface area contributed by atoms with Crippen LogP contribution in [-0.4, -0.2) is 22.3 Å². The summed E-state index contributed by atoms with van der Waals surface area (Å²) in [5, 5.41) is 0. The summed E-state index contributed by atoms with van der Waals surface area (Å²) in [7, 11) is 1.94. The third kappa shape index (κ3) is 2.18. The minimum absolute atomic E-state index is 0.0405. The maximum absolute atomic E-state index is 12.8. The number of fused-ring (bicyclic) bond motifs is 1. The monoisotopic (exact) mass is 405 g/mol. The van der Waals surface area contributed by atoms with Crippen molar-refractivity contribution in [3.05, 3.63) is 71.3 Å². The van der Waals surface area contributed by atoms with Crippen molar-refractivity contribution in [1.82, 2.24) is 4.90 Å². The molecule has 2 aromatic rings. The fraction of sp³-hybridized carbons (Fsp3) is 0.316. The van der Waals surface area contributed by atoms with Crippen LogP contribution in [0.4, 0.5) is 0 Å². The lowest BCUT2D eigenvalue weighted by atomic mass is 9.67. The van der Waals surface area contributed by atoms with Crippen molar-refractivity contribution in [2.45, 2.75) is 24.8 Å². The summed E-state index contributed by atoms with van der Waals surface area (Å²) in [5.41, 5.74) is 3.23. The SMILES string of the molecule is CC[C@]1(CI)c2ccccc2C(=O)N(C)[C@H]1c1ccccc1. The van der Waals surface area contributed by atoms with Gasteiger partial charge in [-0.1, -0.05) is 78.0 Å².